The summed E-state index contributed by atoms with van der Waals surface area (Å²) in [6.45, 7) is 6.54. The Labute approximate surface area is 101 Å². The molecule has 0 amide bonds. The number of hydrogen-bond acceptors (Lipinski definition) is 3. The minimum absolute atomic E-state index is 0.128. The average molecular weight is 234 g/mol. The van der Waals surface area contributed by atoms with E-state index >= 15 is 0 Å². The van der Waals surface area contributed by atoms with Crippen LogP contribution in [0.4, 0.5) is 0 Å². The van der Waals surface area contributed by atoms with Crippen molar-refractivity contribution in [2.75, 3.05) is 0 Å². The predicted molar refractivity (Wildman–Crippen MR) is 61.8 cm³/mol. The zero-order valence-electron chi connectivity index (χ0n) is 10.5. The Morgan fingerprint density at radius 2 is 2.06 bits per heavy atom. The van der Waals surface area contributed by atoms with Gasteiger partial charge in [-0.15, -0.1) is 0 Å². The molecular weight excluding hydrogens is 216 g/mol. The molecule has 0 N–H and O–H groups in total. The number of esters is 2. The highest BCUT2D eigenvalue weighted by molar-refractivity contribution is 5.98. The first kappa shape index (κ1) is 11.0. The van der Waals surface area contributed by atoms with Gasteiger partial charge in [-0.1, -0.05) is 32.9 Å². The summed E-state index contributed by atoms with van der Waals surface area (Å²) in [4.78, 5) is 23.6. The number of fused-ring (bicyclic) bond motifs is 5. The fraction of sp³-hybridized carbons (Fsp3) is 0.714. The van der Waals surface area contributed by atoms with Crippen LogP contribution in [-0.2, 0) is 14.3 Å². The summed E-state index contributed by atoms with van der Waals surface area (Å²) in [7, 11) is 0. The summed E-state index contributed by atoms with van der Waals surface area (Å²) in [6.07, 6.45) is 6.17. The summed E-state index contributed by atoms with van der Waals surface area (Å²) in [6, 6.07) is 0. The first-order valence-corrected chi connectivity index (χ1v) is 6.27. The number of rotatable bonds is 1. The van der Waals surface area contributed by atoms with E-state index in [1.54, 1.807) is 0 Å². The number of ether oxygens (including phenoxy) is 1. The molecule has 1 saturated heterocycles. The number of hydrogen-bond donors (Lipinski definition) is 0. The topological polar surface area (TPSA) is 43.4 Å². The van der Waals surface area contributed by atoms with E-state index in [9.17, 15) is 9.59 Å². The van der Waals surface area contributed by atoms with Crippen molar-refractivity contribution in [1.29, 1.82) is 0 Å². The minimum Gasteiger partial charge on any atom is -0.393 e. The van der Waals surface area contributed by atoms with Crippen molar-refractivity contribution in [3.05, 3.63) is 12.2 Å². The molecule has 3 aliphatic rings. The second-order valence-corrected chi connectivity index (χ2v) is 6.94. The van der Waals surface area contributed by atoms with Gasteiger partial charge in [0.05, 0.1) is 11.8 Å². The third-order valence-electron chi connectivity index (χ3n) is 4.32. The highest BCUT2D eigenvalue weighted by Crippen LogP contribution is 2.62. The lowest BCUT2D eigenvalue weighted by Gasteiger charge is -2.35. The van der Waals surface area contributed by atoms with Gasteiger partial charge in [0.15, 0.2) is 0 Å². The first-order chi connectivity index (χ1) is 7.82. The molecule has 2 fully saturated rings. The standard InChI is InChI=1S/C14H18O3/c1-13(2,3)7-14-5-4-8(6-14)9-10(14)12(16)17-11(9)15/h4-5,8-10H,6-7H2,1-3H3. The lowest BCUT2D eigenvalue weighted by atomic mass is 9.67. The number of cyclic esters (lactones) is 2. The highest BCUT2D eigenvalue weighted by Gasteiger charge is 2.65. The van der Waals surface area contributed by atoms with E-state index < -0.39 is 0 Å². The van der Waals surface area contributed by atoms with Gasteiger partial charge in [-0.05, 0) is 24.2 Å². The van der Waals surface area contributed by atoms with Crippen LogP contribution >= 0.6 is 0 Å². The van der Waals surface area contributed by atoms with E-state index in [4.69, 9.17) is 4.74 Å². The third kappa shape index (κ3) is 1.41. The number of allylic oxidation sites excluding steroid dienone is 2. The van der Waals surface area contributed by atoms with E-state index in [0.717, 1.165) is 12.8 Å². The summed E-state index contributed by atoms with van der Waals surface area (Å²) >= 11 is 0. The normalized spacial score (nSPS) is 43.1. The Kier molecular flexibility index (Phi) is 1.94. The summed E-state index contributed by atoms with van der Waals surface area (Å²) in [5.74, 6) is -0.790. The molecule has 4 unspecified atom stereocenters. The van der Waals surface area contributed by atoms with Crippen molar-refractivity contribution in [2.45, 2.75) is 33.6 Å². The fourth-order valence-corrected chi connectivity index (χ4v) is 4.12. The van der Waals surface area contributed by atoms with Crippen LogP contribution in [0.2, 0.25) is 0 Å². The lowest BCUT2D eigenvalue weighted by molar-refractivity contribution is -0.155. The molecule has 92 valence electrons. The molecule has 3 nitrogen and oxygen atoms in total. The fourth-order valence-electron chi connectivity index (χ4n) is 4.12. The molecule has 1 aliphatic heterocycles. The Balaban J connectivity index is 1.99. The van der Waals surface area contributed by atoms with Crippen LogP contribution in [-0.4, -0.2) is 11.9 Å². The Bertz CT molecular complexity index is 429. The molecule has 0 radical (unpaired) electrons. The van der Waals surface area contributed by atoms with Crippen LogP contribution in [0.3, 0.4) is 0 Å². The molecule has 2 bridgehead atoms. The maximum atomic E-state index is 11.9. The van der Waals surface area contributed by atoms with Crippen LogP contribution in [0, 0.1) is 28.6 Å². The molecule has 1 saturated carbocycles. The summed E-state index contributed by atoms with van der Waals surface area (Å²) in [5.41, 5.74) is 0.0247. The van der Waals surface area contributed by atoms with E-state index in [2.05, 4.69) is 32.9 Å². The van der Waals surface area contributed by atoms with Crippen molar-refractivity contribution in [3.63, 3.8) is 0 Å². The van der Waals surface area contributed by atoms with Gasteiger partial charge >= 0.3 is 11.9 Å². The molecule has 0 aromatic heterocycles. The molecular formula is C14H18O3. The van der Waals surface area contributed by atoms with Crippen LogP contribution in [0.5, 0.6) is 0 Å². The molecule has 0 aromatic carbocycles. The van der Waals surface area contributed by atoms with E-state index in [-0.39, 0.29) is 40.5 Å². The molecule has 2 aliphatic carbocycles. The zero-order valence-corrected chi connectivity index (χ0v) is 10.5. The molecule has 1 heterocycles. The molecule has 0 aromatic rings. The van der Waals surface area contributed by atoms with Crippen molar-refractivity contribution in [3.8, 4) is 0 Å². The summed E-state index contributed by atoms with van der Waals surface area (Å²) < 4.78 is 4.83. The van der Waals surface area contributed by atoms with Crippen molar-refractivity contribution >= 4 is 11.9 Å². The summed E-state index contributed by atoms with van der Waals surface area (Å²) in [5, 5.41) is 0. The van der Waals surface area contributed by atoms with Gasteiger partial charge in [0, 0.05) is 5.41 Å². The van der Waals surface area contributed by atoms with Gasteiger partial charge in [0.2, 0.25) is 0 Å². The van der Waals surface area contributed by atoms with Crippen molar-refractivity contribution < 1.29 is 14.3 Å². The van der Waals surface area contributed by atoms with Gasteiger partial charge in [-0.25, -0.2) is 0 Å². The van der Waals surface area contributed by atoms with Gasteiger partial charge in [-0.2, -0.15) is 0 Å². The highest BCUT2D eigenvalue weighted by atomic mass is 16.6. The maximum Gasteiger partial charge on any atom is 0.318 e. The first-order valence-electron chi connectivity index (χ1n) is 6.27. The van der Waals surface area contributed by atoms with E-state index in [1.165, 1.54) is 0 Å². The molecule has 4 atom stereocenters. The van der Waals surface area contributed by atoms with E-state index in [1.807, 2.05) is 0 Å². The van der Waals surface area contributed by atoms with Gasteiger partial charge in [-0.3, -0.25) is 9.59 Å². The second kappa shape index (κ2) is 3.01. The zero-order chi connectivity index (χ0) is 12.4. The Hall–Kier alpha value is -1.12. The average Bonchev–Trinajstić information content (AvgIpc) is 2.75. The van der Waals surface area contributed by atoms with Gasteiger partial charge in [0.1, 0.15) is 0 Å². The molecule has 3 rings (SSSR count). The predicted octanol–water partition coefficient (Wildman–Crippen LogP) is 2.31. The van der Waals surface area contributed by atoms with Crippen LogP contribution in [0.1, 0.15) is 33.6 Å². The van der Waals surface area contributed by atoms with Gasteiger partial charge < -0.3 is 4.74 Å². The van der Waals surface area contributed by atoms with Crippen LogP contribution in [0.25, 0.3) is 0 Å². The minimum atomic E-state index is -0.301. The van der Waals surface area contributed by atoms with Crippen molar-refractivity contribution in [1.82, 2.24) is 0 Å². The molecule has 0 spiro atoms. The maximum absolute atomic E-state index is 11.9. The Morgan fingerprint density at radius 3 is 2.71 bits per heavy atom. The Morgan fingerprint density at radius 1 is 1.35 bits per heavy atom. The largest absolute Gasteiger partial charge is 0.393 e. The van der Waals surface area contributed by atoms with Crippen molar-refractivity contribution in [2.24, 2.45) is 28.6 Å². The van der Waals surface area contributed by atoms with Crippen LogP contribution < -0.4 is 0 Å². The third-order valence-corrected chi connectivity index (χ3v) is 4.32. The quantitative estimate of drug-likeness (QED) is 0.397. The number of carbonyl (C=O) groups is 2. The smallest absolute Gasteiger partial charge is 0.318 e. The van der Waals surface area contributed by atoms with E-state index in [0.29, 0.717) is 0 Å². The molecule has 3 heteroatoms. The lowest BCUT2D eigenvalue weighted by Crippen LogP contribution is -2.34. The molecule has 17 heavy (non-hydrogen) atoms. The van der Waals surface area contributed by atoms with Crippen LogP contribution in [0.15, 0.2) is 12.2 Å². The second-order valence-electron chi connectivity index (χ2n) is 6.94. The SMILES string of the molecule is CC(C)(C)CC12C=CC(C1)C1C(=O)OC(=O)C12. The van der Waals surface area contributed by atoms with Gasteiger partial charge in [0.25, 0.3) is 0 Å². The number of carbonyl (C=O) groups excluding carboxylic acids is 2. The monoisotopic (exact) mass is 234 g/mol.